The van der Waals surface area contributed by atoms with Crippen LogP contribution in [-0.4, -0.2) is 24.0 Å². The van der Waals surface area contributed by atoms with Crippen molar-refractivity contribution in [3.63, 3.8) is 0 Å². The van der Waals surface area contributed by atoms with E-state index in [0.29, 0.717) is 19.0 Å². The summed E-state index contributed by atoms with van der Waals surface area (Å²) in [6.45, 7) is 0.697. The van der Waals surface area contributed by atoms with Gasteiger partial charge in [0.25, 0.3) is 0 Å². The van der Waals surface area contributed by atoms with Gasteiger partial charge in [0.1, 0.15) is 5.75 Å². The molecule has 0 heterocycles. The van der Waals surface area contributed by atoms with Crippen LogP contribution in [0.5, 0.6) is 5.75 Å². The van der Waals surface area contributed by atoms with Gasteiger partial charge in [-0.05, 0) is 42.5 Å². The minimum Gasteiger partial charge on any atom is -0.497 e. The molecule has 0 spiro atoms. The predicted molar refractivity (Wildman–Crippen MR) is 91.3 cm³/mol. The second-order valence-electron chi connectivity index (χ2n) is 6.09. The lowest BCUT2D eigenvalue weighted by Crippen LogP contribution is -2.32. The first-order valence-corrected chi connectivity index (χ1v) is 8.22. The molecule has 1 fully saturated rings. The minimum absolute atomic E-state index is 0.257. The van der Waals surface area contributed by atoms with Gasteiger partial charge in [0.2, 0.25) is 5.91 Å². The quantitative estimate of drug-likeness (QED) is 0.778. The maximum Gasteiger partial charge on any atom is 0.223 e. The zero-order valence-electron chi connectivity index (χ0n) is 13.6. The van der Waals surface area contributed by atoms with Crippen LogP contribution >= 0.6 is 0 Å². The van der Waals surface area contributed by atoms with Crippen molar-refractivity contribution in [2.24, 2.45) is 0 Å². The highest BCUT2D eigenvalue weighted by molar-refractivity contribution is 5.77. The highest BCUT2D eigenvalue weighted by Gasteiger charge is 2.32. The SMILES string of the molecule is COc1ccc(CN(C(=O)CCc2ccccc2)C2CC2)cc1. The summed E-state index contributed by atoms with van der Waals surface area (Å²) in [7, 11) is 1.67. The number of amides is 1. The van der Waals surface area contributed by atoms with Gasteiger partial charge in [-0.2, -0.15) is 0 Å². The number of benzene rings is 2. The molecule has 1 saturated carbocycles. The van der Waals surface area contributed by atoms with Crippen LogP contribution in [0.4, 0.5) is 0 Å². The van der Waals surface area contributed by atoms with Gasteiger partial charge in [-0.15, -0.1) is 0 Å². The maximum absolute atomic E-state index is 12.6. The smallest absolute Gasteiger partial charge is 0.223 e. The van der Waals surface area contributed by atoms with Crippen LogP contribution in [0.25, 0.3) is 0 Å². The molecule has 0 unspecified atom stereocenters. The van der Waals surface area contributed by atoms with Gasteiger partial charge in [0.15, 0.2) is 0 Å². The van der Waals surface area contributed by atoms with Crippen LogP contribution in [0.2, 0.25) is 0 Å². The number of methoxy groups -OCH3 is 1. The Labute approximate surface area is 137 Å². The van der Waals surface area contributed by atoms with Gasteiger partial charge < -0.3 is 9.64 Å². The fraction of sp³-hybridized carbons (Fsp3) is 0.350. The van der Waals surface area contributed by atoms with Crippen molar-refractivity contribution in [1.82, 2.24) is 4.90 Å². The number of hydrogen-bond donors (Lipinski definition) is 0. The molecule has 0 aliphatic heterocycles. The molecule has 0 aromatic heterocycles. The van der Waals surface area contributed by atoms with E-state index in [-0.39, 0.29) is 5.91 Å². The normalized spacial score (nSPS) is 13.6. The molecule has 23 heavy (non-hydrogen) atoms. The van der Waals surface area contributed by atoms with E-state index in [2.05, 4.69) is 12.1 Å². The van der Waals surface area contributed by atoms with Crippen LogP contribution in [0.3, 0.4) is 0 Å². The fourth-order valence-electron chi connectivity index (χ4n) is 2.77. The second-order valence-corrected chi connectivity index (χ2v) is 6.09. The summed E-state index contributed by atoms with van der Waals surface area (Å²) in [6.07, 6.45) is 3.66. The van der Waals surface area contributed by atoms with Crippen molar-refractivity contribution in [2.45, 2.75) is 38.3 Å². The van der Waals surface area contributed by atoms with Crippen LogP contribution in [0, 0.1) is 0 Å². The Hall–Kier alpha value is -2.29. The first-order chi connectivity index (χ1) is 11.3. The Kier molecular flexibility index (Phi) is 4.96. The highest BCUT2D eigenvalue weighted by Crippen LogP contribution is 2.29. The highest BCUT2D eigenvalue weighted by atomic mass is 16.5. The topological polar surface area (TPSA) is 29.5 Å². The largest absolute Gasteiger partial charge is 0.497 e. The summed E-state index contributed by atoms with van der Waals surface area (Å²) in [4.78, 5) is 14.7. The third-order valence-corrected chi connectivity index (χ3v) is 4.29. The van der Waals surface area contributed by atoms with E-state index >= 15 is 0 Å². The summed E-state index contributed by atoms with van der Waals surface area (Å²) >= 11 is 0. The van der Waals surface area contributed by atoms with Gasteiger partial charge in [-0.3, -0.25) is 4.79 Å². The number of rotatable bonds is 7. The van der Waals surface area contributed by atoms with Crippen molar-refractivity contribution < 1.29 is 9.53 Å². The summed E-state index contributed by atoms with van der Waals surface area (Å²) in [5.41, 5.74) is 2.38. The zero-order chi connectivity index (χ0) is 16.1. The molecular weight excluding hydrogens is 286 g/mol. The molecular formula is C20H23NO2. The van der Waals surface area contributed by atoms with E-state index in [0.717, 1.165) is 30.6 Å². The molecule has 0 bridgehead atoms. The Morgan fingerprint density at radius 1 is 1.04 bits per heavy atom. The molecule has 0 radical (unpaired) electrons. The van der Waals surface area contributed by atoms with Crippen LogP contribution < -0.4 is 4.74 Å². The van der Waals surface area contributed by atoms with Gasteiger partial charge in [0.05, 0.1) is 7.11 Å². The second kappa shape index (κ2) is 7.32. The van der Waals surface area contributed by atoms with Gasteiger partial charge in [-0.25, -0.2) is 0 Å². The van der Waals surface area contributed by atoms with Crippen molar-refractivity contribution in [3.05, 3.63) is 65.7 Å². The number of aryl methyl sites for hydroxylation is 1. The molecule has 2 aromatic rings. The molecule has 3 heteroatoms. The lowest BCUT2D eigenvalue weighted by molar-refractivity contribution is -0.132. The molecule has 1 aliphatic carbocycles. The first-order valence-electron chi connectivity index (χ1n) is 8.22. The van der Waals surface area contributed by atoms with Crippen LogP contribution in [0.15, 0.2) is 54.6 Å². The average molecular weight is 309 g/mol. The van der Waals surface area contributed by atoms with Crippen molar-refractivity contribution >= 4 is 5.91 Å². The predicted octanol–water partition coefficient (Wildman–Crippen LogP) is 3.82. The molecule has 3 nitrogen and oxygen atoms in total. The molecule has 120 valence electrons. The Bertz CT molecular complexity index is 632. The number of nitrogens with zero attached hydrogens (tertiary/aromatic N) is 1. The van der Waals surface area contributed by atoms with Crippen molar-refractivity contribution in [1.29, 1.82) is 0 Å². The van der Waals surface area contributed by atoms with Gasteiger partial charge in [-0.1, -0.05) is 42.5 Å². The third-order valence-electron chi connectivity index (χ3n) is 4.29. The van der Waals surface area contributed by atoms with Crippen molar-refractivity contribution in [2.75, 3.05) is 7.11 Å². The summed E-state index contributed by atoms with van der Waals surface area (Å²) in [5.74, 6) is 1.11. The summed E-state index contributed by atoms with van der Waals surface area (Å²) in [6, 6.07) is 18.6. The van der Waals surface area contributed by atoms with Crippen LogP contribution in [0.1, 0.15) is 30.4 Å². The molecule has 0 saturated heterocycles. The summed E-state index contributed by atoms with van der Waals surface area (Å²) in [5, 5.41) is 0. The minimum atomic E-state index is 0.257. The number of carbonyl (C=O) groups is 1. The lowest BCUT2D eigenvalue weighted by Gasteiger charge is -2.23. The maximum atomic E-state index is 12.6. The van der Waals surface area contributed by atoms with Gasteiger partial charge >= 0.3 is 0 Å². The molecule has 1 aliphatic rings. The fourth-order valence-corrected chi connectivity index (χ4v) is 2.77. The van der Waals surface area contributed by atoms with Crippen molar-refractivity contribution in [3.8, 4) is 5.75 Å². The Morgan fingerprint density at radius 3 is 2.35 bits per heavy atom. The first kappa shape index (κ1) is 15.6. The zero-order valence-corrected chi connectivity index (χ0v) is 13.6. The molecule has 0 atom stereocenters. The molecule has 3 rings (SSSR count). The molecule has 0 N–H and O–H groups in total. The van der Waals surface area contributed by atoms with E-state index in [1.807, 2.05) is 47.4 Å². The third kappa shape index (κ3) is 4.35. The van der Waals surface area contributed by atoms with E-state index in [1.165, 1.54) is 5.56 Å². The monoisotopic (exact) mass is 309 g/mol. The standard InChI is InChI=1S/C20H23NO2/c1-23-19-12-7-17(8-13-19)15-21(18-10-11-18)20(22)14-9-16-5-3-2-4-6-16/h2-8,12-13,18H,9-11,14-15H2,1H3. The van der Waals surface area contributed by atoms with Gasteiger partial charge in [0, 0.05) is 19.0 Å². The van der Waals surface area contributed by atoms with E-state index < -0.39 is 0 Å². The molecule has 1 amide bonds. The van der Waals surface area contributed by atoms with E-state index in [4.69, 9.17) is 4.74 Å². The van der Waals surface area contributed by atoms with E-state index in [9.17, 15) is 4.79 Å². The Balaban J connectivity index is 1.60. The average Bonchev–Trinajstić information content (AvgIpc) is 3.44. The number of hydrogen-bond acceptors (Lipinski definition) is 2. The number of ether oxygens (including phenoxy) is 1. The summed E-state index contributed by atoms with van der Waals surface area (Å²) < 4.78 is 5.19. The van der Waals surface area contributed by atoms with E-state index in [1.54, 1.807) is 7.11 Å². The lowest BCUT2D eigenvalue weighted by atomic mass is 10.1. The molecule has 2 aromatic carbocycles. The Morgan fingerprint density at radius 2 is 1.74 bits per heavy atom. The number of carbonyl (C=O) groups excluding carboxylic acids is 1. The van der Waals surface area contributed by atoms with Crippen LogP contribution in [-0.2, 0) is 17.8 Å².